The number of aromatic hydroxyl groups is 1. The van der Waals surface area contributed by atoms with Gasteiger partial charge >= 0.3 is 0 Å². The van der Waals surface area contributed by atoms with Crippen LogP contribution in [0.1, 0.15) is 17.3 Å². The van der Waals surface area contributed by atoms with E-state index in [2.05, 4.69) is 20.2 Å². The number of benzene rings is 1. The van der Waals surface area contributed by atoms with Gasteiger partial charge in [-0.3, -0.25) is 19.3 Å². The fourth-order valence-electron chi connectivity index (χ4n) is 5.71. The molecule has 13 nitrogen and oxygen atoms in total. The third-order valence-corrected chi connectivity index (χ3v) is 8.52. The Kier molecular flexibility index (Phi) is 7.93. The molecular formula is C29H29ClF2N8O5. The summed E-state index contributed by atoms with van der Waals surface area (Å²) in [5.74, 6) is -4.37. The number of carbonyl (C=O) groups is 2. The van der Waals surface area contributed by atoms with E-state index in [9.17, 15) is 28.3 Å². The molecule has 0 spiro atoms. The van der Waals surface area contributed by atoms with Gasteiger partial charge in [-0.1, -0.05) is 11.6 Å². The molecule has 4 N–H and O–H groups in total. The number of hydrogen-bond donors (Lipinski definition) is 3. The number of nitrogens with zero attached hydrogens (tertiary/aromatic N) is 6. The minimum atomic E-state index is -1.13. The summed E-state index contributed by atoms with van der Waals surface area (Å²) in [5, 5.41) is 12.3. The van der Waals surface area contributed by atoms with Gasteiger partial charge in [0.15, 0.2) is 11.6 Å². The van der Waals surface area contributed by atoms with Crippen LogP contribution in [0.3, 0.4) is 0 Å². The highest BCUT2D eigenvalue weighted by Gasteiger charge is 2.33. The van der Waals surface area contributed by atoms with E-state index >= 15 is 0 Å². The van der Waals surface area contributed by atoms with E-state index in [-0.39, 0.29) is 38.9 Å². The second-order valence-electron chi connectivity index (χ2n) is 11.2. The van der Waals surface area contributed by atoms with Crippen LogP contribution in [0.2, 0.25) is 5.02 Å². The molecule has 2 saturated heterocycles. The largest absolute Gasteiger partial charge is 0.504 e. The molecule has 6 rings (SSSR count). The summed E-state index contributed by atoms with van der Waals surface area (Å²) in [6, 6.07) is 3.98. The van der Waals surface area contributed by atoms with Gasteiger partial charge in [0.2, 0.25) is 11.9 Å². The topological polar surface area (TPSA) is 161 Å². The number of primary amides is 1. The van der Waals surface area contributed by atoms with E-state index in [0.717, 1.165) is 25.2 Å². The number of nitrogens with one attached hydrogen (secondary N) is 1. The maximum absolute atomic E-state index is 14.9. The molecular weight excluding hydrogens is 614 g/mol. The number of amides is 2. The van der Waals surface area contributed by atoms with Crippen molar-refractivity contribution in [3.8, 4) is 16.9 Å². The van der Waals surface area contributed by atoms with Crippen LogP contribution in [0.5, 0.6) is 5.75 Å². The summed E-state index contributed by atoms with van der Waals surface area (Å²) < 4.78 is 37.3. The molecule has 2 aliphatic rings. The lowest BCUT2D eigenvalue weighted by atomic mass is 10.0. The zero-order valence-electron chi connectivity index (χ0n) is 24.3. The maximum Gasteiger partial charge on any atom is 0.263 e. The number of pyridine rings is 1. The van der Waals surface area contributed by atoms with Crippen molar-refractivity contribution in [2.24, 2.45) is 12.8 Å². The molecule has 1 aromatic carbocycles. The molecule has 0 radical (unpaired) electrons. The van der Waals surface area contributed by atoms with Gasteiger partial charge in [-0.05, 0) is 24.6 Å². The van der Waals surface area contributed by atoms with Crippen molar-refractivity contribution < 1.29 is 28.2 Å². The summed E-state index contributed by atoms with van der Waals surface area (Å²) >= 11 is 6.21. The Morgan fingerprint density at radius 3 is 2.64 bits per heavy atom. The second kappa shape index (κ2) is 11.7. The van der Waals surface area contributed by atoms with Crippen molar-refractivity contribution in [1.29, 1.82) is 0 Å². The van der Waals surface area contributed by atoms with Crippen LogP contribution < -0.4 is 21.5 Å². The predicted molar refractivity (Wildman–Crippen MR) is 161 cm³/mol. The number of nitrogens with two attached hydrogens (primary N) is 1. The smallest absolute Gasteiger partial charge is 0.263 e. The van der Waals surface area contributed by atoms with Gasteiger partial charge in [-0.15, -0.1) is 0 Å². The Morgan fingerprint density at radius 1 is 1.22 bits per heavy atom. The lowest BCUT2D eigenvalue weighted by molar-refractivity contribution is -0.116. The Hall–Kier alpha value is -4.60. The SMILES string of the molecule is C[C@H]1CN(C2COC2)CCN1c1cc(NC(=O)Cn2cc(-c3cc(F)c(O)c(C(N)=O)c3)c3c(=O)n(C)cnc32)c(Cl)c(F)n1. The molecule has 0 bridgehead atoms. The van der Waals surface area contributed by atoms with Gasteiger partial charge in [0, 0.05) is 50.6 Å². The number of aryl methyl sites for hydroxylation is 1. The first-order chi connectivity index (χ1) is 21.4. The lowest BCUT2D eigenvalue weighted by Crippen LogP contribution is -2.59. The summed E-state index contributed by atoms with van der Waals surface area (Å²) in [4.78, 5) is 50.9. The van der Waals surface area contributed by atoms with Crippen LogP contribution in [0.4, 0.5) is 20.3 Å². The number of anilines is 2. The molecule has 3 aromatic heterocycles. The van der Waals surface area contributed by atoms with Gasteiger partial charge < -0.3 is 34.9 Å². The maximum atomic E-state index is 14.9. The Bertz CT molecular complexity index is 1910. The second-order valence-corrected chi connectivity index (χ2v) is 11.5. The number of rotatable bonds is 7. The van der Waals surface area contributed by atoms with Crippen molar-refractivity contribution in [1.82, 2.24) is 24.0 Å². The summed E-state index contributed by atoms with van der Waals surface area (Å²) in [5.41, 5.74) is 4.61. The zero-order chi connectivity index (χ0) is 32.2. The number of piperazine rings is 1. The number of aromatic nitrogens is 4. The molecule has 2 fully saturated rings. The van der Waals surface area contributed by atoms with Crippen LogP contribution in [-0.2, 0) is 23.1 Å². The molecule has 45 heavy (non-hydrogen) atoms. The molecule has 0 aliphatic carbocycles. The standard InChI is InChI=1S/C29H29ClF2N8O5/c1-14-8-38(16-11-45-12-16)3-4-40(14)21-7-20(24(30)26(32)36-21)35-22(41)10-39-9-18(23-28(39)34-13-37(2)29(23)44)15-5-17(27(33)43)25(42)19(31)6-15/h5-7,9,13-14,16,42H,3-4,8,10-12H2,1-2H3,(H2,33,43)(H,35,36,41)/t14-/m0/s1. The van der Waals surface area contributed by atoms with Gasteiger partial charge in [0.1, 0.15) is 23.0 Å². The normalized spacial score (nSPS) is 17.4. The van der Waals surface area contributed by atoms with Crippen molar-refractivity contribution in [2.75, 3.05) is 43.1 Å². The molecule has 2 aliphatic heterocycles. The van der Waals surface area contributed by atoms with E-state index in [1.165, 1.54) is 34.8 Å². The highest BCUT2D eigenvalue weighted by molar-refractivity contribution is 6.33. The van der Waals surface area contributed by atoms with Crippen molar-refractivity contribution in [3.05, 3.63) is 63.4 Å². The van der Waals surface area contributed by atoms with Gasteiger partial charge in [0.05, 0.1) is 42.2 Å². The van der Waals surface area contributed by atoms with E-state index in [1.54, 1.807) is 0 Å². The molecule has 1 atom stereocenters. The number of hydrogen-bond acceptors (Lipinski definition) is 9. The summed E-state index contributed by atoms with van der Waals surface area (Å²) in [6.07, 6.45) is 2.65. The zero-order valence-corrected chi connectivity index (χ0v) is 25.0. The van der Waals surface area contributed by atoms with Crippen molar-refractivity contribution in [3.63, 3.8) is 0 Å². The molecule has 16 heteroatoms. The fraction of sp³-hybridized carbons (Fsp3) is 0.345. The molecule has 0 saturated carbocycles. The summed E-state index contributed by atoms with van der Waals surface area (Å²) in [6.45, 7) is 5.08. The number of fused-ring (bicyclic) bond motifs is 1. The first-order valence-electron chi connectivity index (χ1n) is 14.0. The quantitative estimate of drug-likeness (QED) is 0.256. The highest BCUT2D eigenvalue weighted by atomic mass is 35.5. The highest BCUT2D eigenvalue weighted by Crippen LogP contribution is 2.34. The molecule has 5 heterocycles. The third-order valence-electron chi connectivity index (χ3n) is 8.16. The number of carbonyl (C=O) groups excluding carboxylic acids is 2. The Balaban J connectivity index is 1.29. The molecule has 4 aromatic rings. The minimum absolute atomic E-state index is 0.00846. The van der Waals surface area contributed by atoms with Crippen molar-refractivity contribution in [2.45, 2.75) is 25.6 Å². The lowest BCUT2D eigenvalue weighted by Gasteiger charge is -2.46. The number of phenols is 1. The van der Waals surface area contributed by atoms with Crippen molar-refractivity contribution >= 4 is 46.0 Å². The van der Waals surface area contributed by atoms with Crippen LogP contribution in [0.25, 0.3) is 22.2 Å². The van der Waals surface area contributed by atoms with Gasteiger partial charge in [-0.25, -0.2) is 14.4 Å². The van der Waals surface area contributed by atoms with E-state index in [1.807, 2.05) is 11.8 Å². The molecule has 236 valence electrons. The van der Waals surface area contributed by atoms with E-state index in [0.29, 0.717) is 31.6 Å². The van der Waals surface area contributed by atoms with Crippen LogP contribution in [0, 0.1) is 11.8 Å². The van der Waals surface area contributed by atoms with Crippen LogP contribution in [-0.4, -0.2) is 85.9 Å². The average Bonchev–Trinajstić information content (AvgIpc) is 3.32. The average molecular weight is 643 g/mol. The van der Waals surface area contributed by atoms with E-state index < -0.39 is 47.0 Å². The third kappa shape index (κ3) is 5.58. The van der Waals surface area contributed by atoms with Gasteiger partial charge in [0.25, 0.3) is 11.5 Å². The fourth-order valence-corrected chi connectivity index (χ4v) is 5.85. The number of ether oxygens (including phenoxy) is 1. The Labute approximate surface area is 259 Å². The van der Waals surface area contributed by atoms with Gasteiger partial charge in [-0.2, -0.15) is 4.39 Å². The minimum Gasteiger partial charge on any atom is -0.504 e. The monoisotopic (exact) mass is 642 g/mol. The molecule has 2 amide bonds. The Morgan fingerprint density at radius 2 is 1.98 bits per heavy atom. The summed E-state index contributed by atoms with van der Waals surface area (Å²) in [7, 11) is 1.47. The predicted octanol–water partition coefficient (Wildman–Crippen LogP) is 2.08. The van der Waals surface area contributed by atoms with Crippen LogP contribution in [0.15, 0.2) is 35.5 Å². The van der Waals surface area contributed by atoms with E-state index in [4.69, 9.17) is 22.1 Å². The first kappa shape index (κ1) is 30.4. The first-order valence-corrected chi connectivity index (χ1v) is 14.4. The molecule has 0 unspecified atom stereocenters. The number of halogens is 3. The van der Waals surface area contributed by atoms with Crippen LogP contribution >= 0.6 is 11.6 Å².